The van der Waals surface area contributed by atoms with Gasteiger partial charge in [-0.3, -0.25) is 0 Å². The normalized spacial score (nSPS) is 24.1. The topological polar surface area (TPSA) is 55.2 Å². The molecule has 0 saturated carbocycles. The van der Waals surface area contributed by atoms with E-state index in [0.29, 0.717) is 24.7 Å². The average molecular weight is 402 g/mol. The Morgan fingerprint density at radius 1 is 1.13 bits per heavy atom. The fourth-order valence-electron chi connectivity index (χ4n) is 5.47. The summed E-state index contributed by atoms with van der Waals surface area (Å²) in [6.45, 7) is 3.75. The molecule has 1 N–H and O–H groups in total. The van der Waals surface area contributed by atoms with Crippen LogP contribution in [-0.4, -0.2) is 39.4 Å². The van der Waals surface area contributed by atoms with Crippen LogP contribution < -0.4 is 15.0 Å². The molecule has 1 unspecified atom stereocenters. The molecule has 0 radical (unpaired) electrons. The molecule has 3 atom stereocenters. The summed E-state index contributed by atoms with van der Waals surface area (Å²) in [4.78, 5) is 7.45. The lowest BCUT2D eigenvalue weighted by atomic mass is 9.97. The van der Waals surface area contributed by atoms with Crippen LogP contribution >= 0.6 is 0 Å². The number of pyridine rings is 1. The van der Waals surface area contributed by atoms with Crippen LogP contribution in [0.4, 0.5) is 5.82 Å². The Balaban J connectivity index is 1.30. The minimum Gasteiger partial charge on any atom is -0.472 e. The molecule has 0 spiro atoms. The van der Waals surface area contributed by atoms with Crippen molar-refractivity contribution in [2.75, 3.05) is 11.4 Å². The predicted octanol–water partition coefficient (Wildman–Crippen LogP) is 3.94. The summed E-state index contributed by atoms with van der Waals surface area (Å²) >= 11 is 0. The van der Waals surface area contributed by atoms with Crippen molar-refractivity contribution < 1.29 is 4.74 Å². The molecule has 0 aliphatic carbocycles. The lowest BCUT2D eigenvalue weighted by Gasteiger charge is -2.38. The molecule has 2 bridgehead atoms. The van der Waals surface area contributed by atoms with Crippen LogP contribution in [0.25, 0.3) is 16.8 Å². The van der Waals surface area contributed by atoms with Crippen molar-refractivity contribution in [2.45, 2.75) is 57.3 Å². The van der Waals surface area contributed by atoms with Gasteiger partial charge in [-0.15, -0.1) is 0 Å². The third-order valence-electron chi connectivity index (χ3n) is 6.88. The highest BCUT2D eigenvalue weighted by molar-refractivity contribution is 5.75. The number of piperidine rings is 1. The molecule has 3 aliphatic rings. The van der Waals surface area contributed by atoms with Crippen LogP contribution in [0, 0.1) is 0 Å². The lowest BCUT2D eigenvalue weighted by molar-refractivity contribution is 0.289. The van der Waals surface area contributed by atoms with Crippen LogP contribution in [0.3, 0.4) is 0 Å². The van der Waals surface area contributed by atoms with Gasteiger partial charge in [0.2, 0.25) is 5.88 Å². The van der Waals surface area contributed by atoms with E-state index >= 15 is 0 Å². The Labute approximate surface area is 176 Å². The molecule has 2 aromatic heterocycles. The zero-order valence-electron chi connectivity index (χ0n) is 17.3. The number of nitrogens with one attached hydrogen (secondary N) is 1. The van der Waals surface area contributed by atoms with Crippen LogP contribution in [0.1, 0.15) is 38.2 Å². The van der Waals surface area contributed by atoms with E-state index in [4.69, 9.17) is 9.72 Å². The van der Waals surface area contributed by atoms with Crippen molar-refractivity contribution in [3.63, 3.8) is 0 Å². The third-order valence-corrected chi connectivity index (χ3v) is 6.88. The van der Waals surface area contributed by atoms with Gasteiger partial charge in [0.15, 0.2) is 0 Å². The van der Waals surface area contributed by atoms with E-state index in [-0.39, 0.29) is 0 Å². The summed E-state index contributed by atoms with van der Waals surface area (Å²) in [6, 6.07) is 14.6. The number of benzene rings is 1. The highest BCUT2D eigenvalue weighted by Gasteiger charge is 2.36. The summed E-state index contributed by atoms with van der Waals surface area (Å²) in [7, 11) is 0. The number of rotatable bonds is 4. The summed E-state index contributed by atoms with van der Waals surface area (Å²) < 4.78 is 8.00. The number of nitrogens with zero attached hydrogens (tertiary/aromatic N) is 4. The van der Waals surface area contributed by atoms with Gasteiger partial charge in [-0.25, -0.2) is 4.68 Å². The summed E-state index contributed by atoms with van der Waals surface area (Å²) in [6.07, 6.45) is 8.81. The van der Waals surface area contributed by atoms with Crippen molar-refractivity contribution in [1.29, 1.82) is 0 Å². The quantitative estimate of drug-likeness (QED) is 0.718. The number of ether oxygens (including phenoxy) is 1. The van der Waals surface area contributed by atoms with Gasteiger partial charge >= 0.3 is 0 Å². The number of aromatic nitrogens is 3. The average Bonchev–Trinajstić information content (AvgIpc) is 3.43. The van der Waals surface area contributed by atoms with Gasteiger partial charge in [-0.05, 0) is 74.1 Å². The monoisotopic (exact) mass is 401 g/mol. The Bertz CT molecular complexity index is 1050. The Morgan fingerprint density at radius 2 is 1.97 bits per heavy atom. The first-order valence-electron chi connectivity index (χ1n) is 11.1. The van der Waals surface area contributed by atoms with Crippen LogP contribution in [0.5, 0.6) is 5.88 Å². The van der Waals surface area contributed by atoms with E-state index in [1.165, 1.54) is 36.8 Å². The van der Waals surface area contributed by atoms with Crippen molar-refractivity contribution in [3.05, 3.63) is 54.4 Å². The second-order valence-corrected chi connectivity index (χ2v) is 8.65. The van der Waals surface area contributed by atoms with Crippen LogP contribution in [0.15, 0.2) is 48.8 Å². The fourth-order valence-corrected chi connectivity index (χ4v) is 5.47. The van der Waals surface area contributed by atoms with Crippen molar-refractivity contribution in [3.8, 4) is 22.7 Å². The molecule has 3 aliphatic heterocycles. The molecule has 154 valence electrons. The molecule has 2 saturated heterocycles. The highest BCUT2D eigenvalue weighted by atomic mass is 16.5. The largest absolute Gasteiger partial charge is 0.472 e. The molecule has 6 nitrogen and oxygen atoms in total. The van der Waals surface area contributed by atoms with Crippen molar-refractivity contribution >= 4 is 5.82 Å². The first-order chi connectivity index (χ1) is 14.8. The van der Waals surface area contributed by atoms with E-state index in [9.17, 15) is 0 Å². The molecule has 6 heteroatoms. The predicted molar refractivity (Wildman–Crippen MR) is 117 cm³/mol. The smallest absolute Gasteiger partial charge is 0.223 e. The Hall–Kier alpha value is -2.86. The summed E-state index contributed by atoms with van der Waals surface area (Å²) in [5.41, 5.74) is 4.50. The lowest BCUT2D eigenvalue weighted by Crippen LogP contribution is -2.48. The van der Waals surface area contributed by atoms with Gasteiger partial charge in [-0.2, -0.15) is 10.1 Å². The van der Waals surface area contributed by atoms with E-state index in [2.05, 4.69) is 52.6 Å². The van der Waals surface area contributed by atoms with Crippen molar-refractivity contribution in [1.82, 2.24) is 20.1 Å². The van der Waals surface area contributed by atoms with Crippen LogP contribution in [-0.2, 0) is 6.61 Å². The summed E-state index contributed by atoms with van der Waals surface area (Å²) in [5.74, 6) is 1.79. The minimum atomic E-state index is 0.539. The standard InChI is InChI=1S/C24H27N5O/c1-2-28(20-13-17-4-5-18(14-20)26-17)23-9-8-22-21-7-6-19(29-11-3-10-25-29)12-16(21)15-30-24(22)27-23/h3,6-12,17-18,20,26H,2,4-5,13-15H2,1H3/t17-,18+,20?. The van der Waals surface area contributed by atoms with Gasteiger partial charge in [-0.1, -0.05) is 6.07 Å². The van der Waals surface area contributed by atoms with Gasteiger partial charge in [0.1, 0.15) is 12.4 Å². The maximum Gasteiger partial charge on any atom is 0.223 e. The second kappa shape index (κ2) is 7.13. The minimum absolute atomic E-state index is 0.539. The Morgan fingerprint density at radius 3 is 2.73 bits per heavy atom. The van der Waals surface area contributed by atoms with Crippen LogP contribution in [0.2, 0.25) is 0 Å². The van der Waals surface area contributed by atoms with E-state index in [1.807, 2.05) is 16.9 Å². The van der Waals surface area contributed by atoms with E-state index < -0.39 is 0 Å². The SMILES string of the molecule is CCN(c1ccc2c(n1)OCc1cc(-n3cccn3)ccc1-2)C1C[C@H]2CC[C@@H](C1)N2. The van der Waals surface area contributed by atoms with E-state index in [0.717, 1.165) is 29.5 Å². The molecule has 5 heterocycles. The Kier molecular flexibility index (Phi) is 4.27. The maximum absolute atomic E-state index is 6.12. The summed E-state index contributed by atoms with van der Waals surface area (Å²) in [5, 5.41) is 8.08. The fraction of sp³-hybridized carbons (Fsp3) is 0.417. The molecule has 2 fully saturated rings. The van der Waals surface area contributed by atoms with Crippen molar-refractivity contribution in [2.24, 2.45) is 0 Å². The second-order valence-electron chi connectivity index (χ2n) is 8.65. The van der Waals surface area contributed by atoms with Gasteiger partial charge in [0.25, 0.3) is 0 Å². The molecular formula is C24H27N5O. The highest BCUT2D eigenvalue weighted by Crippen LogP contribution is 2.39. The first-order valence-corrected chi connectivity index (χ1v) is 11.1. The molecule has 0 amide bonds. The molecule has 1 aromatic carbocycles. The number of anilines is 1. The van der Waals surface area contributed by atoms with E-state index in [1.54, 1.807) is 6.20 Å². The molecule has 3 aromatic rings. The van der Waals surface area contributed by atoms with Gasteiger partial charge in [0, 0.05) is 42.6 Å². The maximum atomic E-state index is 6.12. The number of hydrogen-bond acceptors (Lipinski definition) is 5. The molecule has 6 rings (SSSR count). The molecular weight excluding hydrogens is 374 g/mol. The number of fused-ring (bicyclic) bond motifs is 5. The third kappa shape index (κ3) is 2.98. The van der Waals surface area contributed by atoms with Gasteiger partial charge < -0.3 is 15.0 Å². The number of hydrogen-bond donors (Lipinski definition) is 1. The zero-order valence-corrected chi connectivity index (χ0v) is 17.3. The molecule has 30 heavy (non-hydrogen) atoms. The first kappa shape index (κ1) is 18.0. The zero-order chi connectivity index (χ0) is 20.1. The van der Waals surface area contributed by atoms with Gasteiger partial charge in [0.05, 0.1) is 5.69 Å².